The molecule has 5 N–H and O–H groups in total. The van der Waals surface area contributed by atoms with Crippen LogP contribution in [0.3, 0.4) is 0 Å². The van der Waals surface area contributed by atoms with Gasteiger partial charge in [-0.1, -0.05) is 0 Å². The summed E-state index contributed by atoms with van der Waals surface area (Å²) in [5, 5.41) is 9.83. The van der Waals surface area contributed by atoms with Crippen molar-refractivity contribution in [2.75, 3.05) is 13.7 Å². The van der Waals surface area contributed by atoms with Gasteiger partial charge in [0.25, 0.3) is 0 Å². The summed E-state index contributed by atoms with van der Waals surface area (Å²) < 4.78 is 39.7. The first-order valence-corrected chi connectivity index (χ1v) is 11.2. The van der Waals surface area contributed by atoms with E-state index in [1.807, 2.05) is 0 Å². The minimum atomic E-state index is -4.02. The molecule has 10 heteroatoms. The van der Waals surface area contributed by atoms with Crippen LogP contribution in [0.2, 0.25) is 0 Å². The number of esters is 1. The summed E-state index contributed by atoms with van der Waals surface area (Å²) in [5.41, 5.74) is 6.28. The lowest BCUT2D eigenvalue weighted by Gasteiger charge is -2.25. The van der Waals surface area contributed by atoms with E-state index in [1.165, 1.54) is 7.11 Å². The second kappa shape index (κ2) is 10.1. The summed E-state index contributed by atoms with van der Waals surface area (Å²) in [4.78, 5) is 12.8. The van der Waals surface area contributed by atoms with Crippen LogP contribution in [0.15, 0.2) is 11.0 Å². The Kier molecular flexibility index (Phi) is 8.67. The molecule has 0 unspecified atom stereocenters. The number of aryl methyl sites for hydroxylation is 1. The highest BCUT2D eigenvalue weighted by atomic mass is 32.2. The zero-order valence-electron chi connectivity index (χ0n) is 18.8. The van der Waals surface area contributed by atoms with Gasteiger partial charge < -0.3 is 20.5 Å². The molecule has 1 rings (SSSR count). The number of carbonyl (C=O) groups is 1. The molecule has 0 aromatic heterocycles. The molecule has 0 saturated heterocycles. The molecule has 0 amide bonds. The Morgan fingerprint density at radius 2 is 1.83 bits per heavy atom. The fourth-order valence-electron chi connectivity index (χ4n) is 3.02. The fourth-order valence-corrected chi connectivity index (χ4v) is 4.77. The molecule has 1 aromatic rings. The second-order valence-electron chi connectivity index (χ2n) is 8.16. The van der Waals surface area contributed by atoms with Crippen LogP contribution in [0, 0.1) is 26.2 Å². The summed E-state index contributed by atoms with van der Waals surface area (Å²) in [5.74, 6) is -0.248. The molecule has 0 fully saturated rings. The highest BCUT2D eigenvalue weighted by Crippen LogP contribution is 2.30. The highest BCUT2D eigenvalue weighted by molar-refractivity contribution is 7.89. The standard InChI is InChI=1S/C20H34N4O5S/c1-12-11-16(28-7)13(2)14(3)17(12)30(26,27)24-15(9-8-10-23-19(21)22)18(25)29-20(4,5)6/h11,15,24H,8-10H2,1-7H3,(H4,21,22,23)/t15-/m0/s1. The summed E-state index contributed by atoms with van der Waals surface area (Å²) in [6.07, 6.45) is 0.591. The van der Waals surface area contributed by atoms with Gasteiger partial charge in [0.2, 0.25) is 10.0 Å². The minimum Gasteiger partial charge on any atom is -0.496 e. The number of methoxy groups -OCH3 is 1. The molecular weight excluding hydrogens is 408 g/mol. The Balaban J connectivity index is 3.21. The number of nitrogens with two attached hydrogens (primary N) is 1. The van der Waals surface area contributed by atoms with Crippen molar-refractivity contribution in [3.05, 3.63) is 22.8 Å². The molecule has 0 spiro atoms. The summed E-state index contributed by atoms with van der Waals surface area (Å²) in [6, 6.07) is 0.583. The maximum absolute atomic E-state index is 13.2. The van der Waals surface area contributed by atoms with Gasteiger partial charge in [0, 0.05) is 6.54 Å². The van der Waals surface area contributed by atoms with Crippen LogP contribution < -0.4 is 20.5 Å². The molecule has 0 aliphatic heterocycles. The van der Waals surface area contributed by atoms with Crippen LogP contribution in [0.4, 0.5) is 0 Å². The number of hydrogen-bond acceptors (Lipinski definition) is 6. The van der Waals surface area contributed by atoms with Crippen molar-refractivity contribution < 1.29 is 22.7 Å². The van der Waals surface area contributed by atoms with Crippen molar-refractivity contribution in [1.29, 1.82) is 5.41 Å². The van der Waals surface area contributed by atoms with Crippen LogP contribution in [-0.4, -0.2) is 45.6 Å². The normalized spacial score (nSPS) is 12.9. The van der Waals surface area contributed by atoms with Crippen LogP contribution in [-0.2, 0) is 19.6 Å². The molecule has 9 nitrogen and oxygen atoms in total. The van der Waals surface area contributed by atoms with Gasteiger partial charge >= 0.3 is 5.97 Å². The van der Waals surface area contributed by atoms with Gasteiger partial charge in [-0.3, -0.25) is 10.2 Å². The largest absolute Gasteiger partial charge is 0.496 e. The van der Waals surface area contributed by atoms with E-state index in [-0.39, 0.29) is 17.3 Å². The van der Waals surface area contributed by atoms with E-state index < -0.39 is 27.6 Å². The monoisotopic (exact) mass is 442 g/mol. The SMILES string of the molecule is COc1cc(C)c(S(=O)(=O)N[C@@H](CCCNC(=N)N)C(=O)OC(C)(C)C)c(C)c1C. The van der Waals surface area contributed by atoms with E-state index >= 15 is 0 Å². The first kappa shape index (κ1) is 25.7. The number of nitrogens with one attached hydrogen (secondary N) is 3. The van der Waals surface area contributed by atoms with Crippen molar-refractivity contribution in [3.63, 3.8) is 0 Å². The number of guanidine groups is 1. The Morgan fingerprint density at radius 3 is 2.33 bits per heavy atom. The van der Waals surface area contributed by atoms with E-state index in [0.29, 0.717) is 35.4 Å². The first-order valence-electron chi connectivity index (χ1n) is 9.67. The predicted molar refractivity (Wildman–Crippen MR) is 116 cm³/mol. The lowest BCUT2D eigenvalue weighted by atomic mass is 10.1. The van der Waals surface area contributed by atoms with E-state index in [0.717, 1.165) is 0 Å². The van der Waals surface area contributed by atoms with E-state index in [1.54, 1.807) is 47.6 Å². The van der Waals surface area contributed by atoms with Crippen LogP contribution in [0.1, 0.15) is 50.3 Å². The summed E-state index contributed by atoms with van der Waals surface area (Å²) >= 11 is 0. The van der Waals surface area contributed by atoms with Gasteiger partial charge in [-0.2, -0.15) is 4.72 Å². The topological polar surface area (TPSA) is 144 Å². The zero-order chi connectivity index (χ0) is 23.3. The number of hydrogen-bond donors (Lipinski definition) is 4. The second-order valence-corrected chi connectivity index (χ2v) is 9.82. The number of benzene rings is 1. The molecule has 0 radical (unpaired) electrons. The van der Waals surface area contributed by atoms with Crippen LogP contribution >= 0.6 is 0 Å². The molecule has 0 heterocycles. The molecule has 0 bridgehead atoms. The number of ether oxygens (including phenoxy) is 2. The Bertz CT molecular complexity index is 891. The quantitative estimate of drug-likeness (QED) is 0.198. The molecule has 1 aromatic carbocycles. The maximum Gasteiger partial charge on any atom is 0.324 e. The lowest BCUT2D eigenvalue weighted by Crippen LogP contribution is -2.45. The Morgan fingerprint density at radius 1 is 1.23 bits per heavy atom. The first-order chi connectivity index (χ1) is 13.7. The molecule has 1 atom stereocenters. The van der Waals surface area contributed by atoms with Gasteiger partial charge in [0.1, 0.15) is 17.4 Å². The zero-order valence-corrected chi connectivity index (χ0v) is 19.6. The molecule has 170 valence electrons. The molecular formula is C20H34N4O5S. The van der Waals surface area contributed by atoms with Crippen molar-refractivity contribution >= 4 is 22.0 Å². The average Bonchev–Trinajstić information content (AvgIpc) is 2.58. The number of sulfonamides is 1. The minimum absolute atomic E-state index is 0.121. The van der Waals surface area contributed by atoms with Gasteiger partial charge in [-0.05, 0) is 77.1 Å². The average molecular weight is 443 g/mol. The molecule has 0 aliphatic carbocycles. The van der Waals surface area contributed by atoms with Crippen molar-refractivity contribution in [2.24, 2.45) is 5.73 Å². The number of carbonyl (C=O) groups excluding carboxylic acids is 1. The molecule has 0 saturated carbocycles. The fraction of sp³-hybridized carbons (Fsp3) is 0.600. The van der Waals surface area contributed by atoms with Gasteiger partial charge in [0.05, 0.1) is 12.0 Å². The smallest absolute Gasteiger partial charge is 0.324 e. The Labute approximate surface area is 179 Å². The van der Waals surface area contributed by atoms with Crippen LogP contribution in [0.25, 0.3) is 0 Å². The van der Waals surface area contributed by atoms with Crippen molar-refractivity contribution in [1.82, 2.24) is 10.0 Å². The van der Waals surface area contributed by atoms with Crippen molar-refractivity contribution in [2.45, 2.75) is 70.9 Å². The lowest BCUT2D eigenvalue weighted by molar-refractivity contribution is -0.157. The third-order valence-electron chi connectivity index (χ3n) is 4.44. The van der Waals surface area contributed by atoms with E-state index in [2.05, 4.69) is 10.0 Å². The molecule has 0 aliphatic rings. The van der Waals surface area contributed by atoms with E-state index in [4.69, 9.17) is 20.6 Å². The molecule has 30 heavy (non-hydrogen) atoms. The van der Waals surface area contributed by atoms with Gasteiger partial charge in [-0.15, -0.1) is 0 Å². The highest BCUT2D eigenvalue weighted by Gasteiger charge is 2.31. The predicted octanol–water partition coefficient (Wildman–Crippen LogP) is 1.87. The Hall–Kier alpha value is -2.33. The number of rotatable bonds is 9. The third-order valence-corrected chi connectivity index (χ3v) is 6.20. The van der Waals surface area contributed by atoms with Crippen LogP contribution in [0.5, 0.6) is 5.75 Å². The van der Waals surface area contributed by atoms with E-state index in [9.17, 15) is 13.2 Å². The van der Waals surface area contributed by atoms with Crippen molar-refractivity contribution in [3.8, 4) is 5.75 Å². The summed E-state index contributed by atoms with van der Waals surface area (Å²) in [7, 11) is -2.49. The third kappa shape index (κ3) is 7.17. The summed E-state index contributed by atoms with van der Waals surface area (Å²) in [6.45, 7) is 10.7. The maximum atomic E-state index is 13.2. The van der Waals surface area contributed by atoms with Gasteiger partial charge in [-0.25, -0.2) is 8.42 Å². The van der Waals surface area contributed by atoms with Gasteiger partial charge in [0.15, 0.2) is 5.96 Å².